The SMILES string of the molecule is C=C(C=NC)/C(=C\C)N=C(C)c1cccc(F)c1F.CCCCc1ccc(-c2ccc(-c3cc(CC)on3)cc2)cc1. The summed E-state index contributed by atoms with van der Waals surface area (Å²) in [6.07, 6.45) is 7.84. The second-order valence-corrected chi connectivity index (χ2v) is 9.79. The van der Waals surface area contributed by atoms with Gasteiger partial charge in [-0.3, -0.25) is 9.98 Å². The van der Waals surface area contributed by atoms with Crippen LogP contribution in [0.2, 0.25) is 0 Å². The molecule has 0 fully saturated rings. The summed E-state index contributed by atoms with van der Waals surface area (Å²) < 4.78 is 32.1. The summed E-state index contributed by atoms with van der Waals surface area (Å²) in [5, 5.41) is 4.12. The molecule has 6 heteroatoms. The van der Waals surface area contributed by atoms with E-state index in [9.17, 15) is 8.78 Å². The van der Waals surface area contributed by atoms with Gasteiger partial charge in [-0.05, 0) is 55.5 Å². The van der Waals surface area contributed by atoms with Crippen molar-refractivity contribution in [2.24, 2.45) is 9.98 Å². The lowest BCUT2D eigenvalue weighted by atomic mass is 10.00. The molecule has 3 aromatic carbocycles. The second-order valence-electron chi connectivity index (χ2n) is 9.79. The first-order valence-electron chi connectivity index (χ1n) is 14.2. The van der Waals surface area contributed by atoms with Crippen LogP contribution in [0, 0.1) is 11.6 Å². The van der Waals surface area contributed by atoms with Gasteiger partial charge in [0.25, 0.3) is 0 Å². The first-order chi connectivity index (χ1) is 20.3. The largest absolute Gasteiger partial charge is 0.361 e. The molecule has 0 N–H and O–H groups in total. The molecule has 0 amide bonds. The van der Waals surface area contributed by atoms with Gasteiger partial charge < -0.3 is 4.52 Å². The van der Waals surface area contributed by atoms with E-state index in [1.54, 1.807) is 33.2 Å². The van der Waals surface area contributed by atoms with Gasteiger partial charge in [0, 0.05) is 48.2 Å². The average molecular weight is 568 g/mol. The predicted molar refractivity (Wildman–Crippen MR) is 171 cm³/mol. The monoisotopic (exact) mass is 567 g/mol. The van der Waals surface area contributed by atoms with Crippen LogP contribution in [0.25, 0.3) is 22.4 Å². The maximum Gasteiger partial charge on any atom is 0.167 e. The number of aryl methyl sites for hydroxylation is 2. The Morgan fingerprint density at radius 2 is 1.60 bits per heavy atom. The van der Waals surface area contributed by atoms with Crippen LogP contribution in [0.1, 0.15) is 57.4 Å². The maximum absolute atomic E-state index is 13.6. The van der Waals surface area contributed by atoms with E-state index in [0.717, 1.165) is 29.5 Å². The van der Waals surface area contributed by atoms with Crippen molar-refractivity contribution in [3.05, 3.63) is 125 Å². The zero-order valence-corrected chi connectivity index (χ0v) is 25.1. The Labute approximate surface area is 248 Å². The van der Waals surface area contributed by atoms with Gasteiger partial charge in [-0.1, -0.05) is 92.7 Å². The van der Waals surface area contributed by atoms with E-state index in [1.807, 2.05) is 6.07 Å². The Morgan fingerprint density at radius 3 is 2.17 bits per heavy atom. The molecule has 0 aliphatic carbocycles. The lowest BCUT2D eigenvalue weighted by molar-refractivity contribution is 0.389. The minimum Gasteiger partial charge on any atom is -0.361 e. The lowest BCUT2D eigenvalue weighted by Crippen LogP contribution is -2.02. The van der Waals surface area contributed by atoms with E-state index in [1.165, 1.54) is 48.1 Å². The summed E-state index contributed by atoms with van der Waals surface area (Å²) in [7, 11) is 1.63. The van der Waals surface area contributed by atoms with Crippen molar-refractivity contribution in [1.29, 1.82) is 0 Å². The summed E-state index contributed by atoms with van der Waals surface area (Å²) in [6, 6.07) is 23.4. The molecule has 1 heterocycles. The third kappa shape index (κ3) is 8.77. The van der Waals surface area contributed by atoms with Crippen molar-refractivity contribution in [3.63, 3.8) is 0 Å². The van der Waals surface area contributed by atoms with Crippen molar-refractivity contribution in [2.75, 3.05) is 7.05 Å². The van der Waals surface area contributed by atoms with Crippen molar-refractivity contribution in [1.82, 2.24) is 5.16 Å². The Hall–Kier alpha value is -4.45. The van der Waals surface area contributed by atoms with Crippen molar-refractivity contribution < 1.29 is 13.3 Å². The fourth-order valence-electron chi connectivity index (χ4n) is 4.26. The number of unbranched alkanes of at least 4 members (excludes halogenated alkanes) is 1. The van der Waals surface area contributed by atoms with E-state index in [2.05, 4.69) is 84.1 Å². The van der Waals surface area contributed by atoms with Crippen LogP contribution >= 0.6 is 0 Å². The van der Waals surface area contributed by atoms with Crippen LogP contribution in [0.5, 0.6) is 0 Å². The Bertz CT molecular complexity index is 1550. The van der Waals surface area contributed by atoms with Crippen LogP contribution in [-0.4, -0.2) is 24.1 Å². The summed E-state index contributed by atoms with van der Waals surface area (Å²) in [6.45, 7) is 11.5. The van der Waals surface area contributed by atoms with Gasteiger partial charge in [0.15, 0.2) is 11.6 Å². The number of aromatic nitrogens is 1. The molecule has 0 radical (unpaired) electrons. The highest BCUT2D eigenvalue weighted by Crippen LogP contribution is 2.25. The van der Waals surface area contributed by atoms with Crippen LogP contribution in [-0.2, 0) is 12.8 Å². The highest BCUT2D eigenvalue weighted by molar-refractivity contribution is 6.00. The molecule has 0 bridgehead atoms. The number of hydrogen-bond donors (Lipinski definition) is 0. The van der Waals surface area contributed by atoms with Crippen LogP contribution in [0.4, 0.5) is 8.78 Å². The van der Waals surface area contributed by atoms with Gasteiger partial charge in [0.1, 0.15) is 11.5 Å². The number of hydrogen-bond acceptors (Lipinski definition) is 4. The number of allylic oxidation sites excluding steroid dienone is 2. The molecule has 42 heavy (non-hydrogen) atoms. The van der Waals surface area contributed by atoms with Gasteiger partial charge in [0.05, 0.1) is 5.70 Å². The zero-order chi connectivity index (χ0) is 30.5. The number of nitrogens with zero attached hydrogens (tertiary/aromatic N) is 3. The molecule has 0 saturated carbocycles. The highest BCUT2D eigenvalue weighted by Gasteiger charge is 2.11. The van der Waals surface area contributed by atoms with Gasteiger partial charge in [-0.15, -0.1) is 0 Å². The first-order valence-corrected chi connectivity index (χ1v) is 14.2. The summed E-state index contributed by atoms with van der Waals surface area (Å²) in [5.74, 6) is -0.858. The fourth-order valence-corrected chi connectivity index (χ4v) is 4.26. The Kier molecular flexibility index (Phi) is 12.3. The molecular formula is C36H39F2N3O. The molecule has 0 atom stereocenters. The molecule has 0 aliphatic rings. The summed E-state index contributed by atoms with van der Waals surface area (Å²) in [4.78, 5) is 8.11. The van der Waals surface area contributed by atoms with Crippen molar-refractivity contribution in [3.8, 4) is 22.4 Å². The number of benzene rings is 3. The predicted octanol–water partition coefficient (Wildman–Crippen LogP) is 9.85. The molecule has 1 aromatic heterocycles. The molecule has 218 valence electrons. The number of rotatable bonds is 10. The van der Waals surface area contributed by atoms with Gasteiger partial charge in [-0.25, -0.2) is 8.78 Å². The molecule has 0 unspecified atom stereocenters. The van der Waals surface area contributed by atoms with Crippen molar-refractivity contribution in [2.45, 2.75) is 53.4 Å². The van der Waals surface area contributed by atoms with Gasteiger partial charge >= 0.3 is 0 Å². The van der Waals surface area contributed by atoms with E-state index in [4.69, 9.17) is 4.52 Å². The molecule has 0 saturated heterocycles. The quantitative estimate of drug-likeness (QED) is 0.141. The highest BCUT2D eigenvalue weighted by atomic mass is 19.2. The van der Waals surface area contributed by atoms with E-state index >= 15 is 0 Å². The first kappa shape index (κ1) is 32.1. The normalized spacial score (nSPS) is 11.9. The number of aliphatic imine (C=N–C) groups is 2. The smallest absolute Gasteiger partial charge is 0.167 e. The Balaban J connectivity index is 0.000000236. The molecule has 0 spiro atoms. The molecule has 4 aromatic rings. The Morgan fingerprint density at radius 1 is 0.952 bits per heavy atom. The maximum atomic E-state index is 13.6. The fraction of sp³-hybridized carbons (Fsp3) is 0.250. The average Bonchev–Trinajstić information content (AvgIpc) is 3.50. The lowest BCUT2D eigenvalue weighted by Gasteiger charge is -2.06. The van der Waals surface area contributed by atoms with Crippen LogP contribution in [0.3, 0.4) is 0 Å². The van der Waals surface area contributed by atoms with E-state index in [-0.39, 0.29) is 5.56 Å². The van der Waals surface area contributed by atoms with Crippen molar-refractivity contribution >= 4 is 11.9 Å². The zero-order valence-electron chi connectivity index (χ0n) is 25.1. The van der Waals surface area contributed by atoms with E-state index in [0.29, 0.717) is 17.0 Å². The molecule has 0 aliphatic heterocycles. The summed E-state index contributed by atoms with van der Waals surface area (Å²) >= 11 is 0. The topological polar surface area (TPSA) is 50.8 Å². The second kappa shape index (κ2) is 16.1. The molecule has 4 rings (SSSR count). The summed E-state index contributed by atoms with van der Waals surface area (Å²) in [5.41, 5.74) is 7.62. The van der Waals surface area contributed by atoms with Crippen LogP contribution < -0.4 is 0 Å². The van der Waals surface area contributed by atoms with Gasteiger partial charge in [-0.2, -0.15) is 0 Å². The van der Waals surface area contributed by atoms with Gasteiger partial charge in [0.2, 0.25) is 0 Å². The number of halogens is 2. The standard InChI is InChI=1S/C21H23NO.C15H16F2N2/c1-3-5-6-16-7-9-17(10-8-16)18-11-13-19(14-12-18)21-15-20(4-2)23-22-21;1-5-14(10(2)9-18-4)19-11(3)12-7-6-8-13(16)15(12)17/h7-15H,3-6H2,1-2H3;5-9H,2H2,1,3-4H3/b;14-5+,18-9?,19-11?. The minimum absolute atomic E-state index is 0.139. The third-order valence-electron chi connectivity index (χ3n) is 6.71. The van der Waals surface area contributed by atoms with Crippen LogP contribution in [0.15, 0.2) is 111 Å². The third-order valence-corrected chi connectivity index (χ3v) is 6.71. The minimum atomic E-state index is -0.894. The van der Waals surface area contributed by atoms with E-state index < -0.39 is 11.6 Å². The molecule has 4 nitrogen and oxygen atoms in total. The molecular weight excluding hydrogens is 528 g/mol.